The number of hydrogen-bond donors (Lipinski definition) is 1. The molecule has 0 aromatic heterocycles. The predicted octanol–water partition coefficient (Wildman–Crippen LogP) is 3.84. The van der Waals surface area contributed by atoms with Gasteiger partial charge in [0.15, 0.2) is 0 Å². The molecule has 0 aliphatic rings. The Bertz CT molecular complexity index is 106. The van der Waals surface area contributed by atoms with Gasteiger partial charge in [-0.15, -0.1) is 0 Å². The molecule has 86 valence electrons. The van der Waals surface area contributed by atoms with E-state index in [0.29, 0.717) is 0 Å². The minimum atomic E-state index is 0.786. The molecule has 14 heavy (non-hydrogen) atoms. The van der Waals surface area contributed by atoms with Crippen LogP contribution in [-0.2, 0) is 0 Å². The van der Waals surface area contributed by atoms with Gasteiger partial charge in [-0.2, -0.15) is 0 Å². The van der Waals surface area contributed by atoms with E-state index in [1.165, 1.54) is 45.2 Å². The molecule has 0 aromatic rings. The quantitative estimate of drug-likeness (QED) is 0.556. The van der Waals surface area contributed by atoms with E-state index in [2.05, 4.69) is 33.0 Å². The smallest absolute Gasteiger partial charge is 0.00258 e. The van der Waals surface area contributed by atoms with Gasteiger partial charge >= 0.3 is 0 Å². The molecule has 0 aromatic carbocycles. The van der Waals surface area contributed by atoms with E-state index in [4.69, 9.17) is 0 Å². The van der Waals surface area contributed by atoms with Crippen molar-refractivity contribution in [1.29, 1.82) is 0 Å². The van der Waals surface area contributed by atoms with Gasteiger partial charge < -0.3 is 5.32 Å². The van der Waals surface area contributed by atoms with Crippen molar-refractivity contribution >= 4 is 0 Å². The molecule has 0 saturated heterocycles. The van der Waals surface area contributed by atoms with Crippen molar-refractivity contribution in [1.82, 2.24) is 5.32 Å². The number of unbranched alkanes of at least 4 members (excludes halogenated alkanes) is 1. The normalized spacial score (nSPS) is 11.6. The Morgan fingerprint density at radius 3 is 2.14 bits per heavy atom. The highest BCUT2D eigenvalue weighted by Crippen LogP contribution is 2.15. The molecule has 0 heterocycles. The van der Waals surface area contributed by atoms with Gasteiger partial charge in [0, 0.05) is 0 Å². The van der Waals surface area contributed by atoms with E-state index >= 15 is 0 Å². The van der Waals surface area contributed by atoms with Crippen molar-refractivity contribution in [3.8, 4) is 0 Å². The molecule has 0 aliphatic heterocycles. The van der Waals surface area contributed by atoms with Crippen LogP contribution in [0.3, 0.4) is 0 Å². The van der Waals surface area contributed by atoms with Gasteiger partial charge in [0.05, 0.1) is 0 Å². The highest BCUT2D eigenvalue weighted by atomic mass is 14.8. The van der Waals surface area contributed by atoms with E-state index in [1.54, 1.807) is 0 Å². The van der Waals surface area contributed by atoms with Crippen LogP contribution in [-0.4, -0.2) is 13.1 Å². The topological polar surface area (TPSA) is 12.0 Å². The van der Waals surface area contributed by atoms with Crippen LogP contribution in [0.25, 0.3) is 0 Å². The van der Waals surface area contributed by atoms with Crippen LogP contribution >= 0.6 is 0 Å². The molecule has 0 saturated carbocycles. The van der Waals surface area contributed by atoms with Crippen molar-refractivity contribution in [2.24, 2.45) is 11.8 Å². The second kappa shape index (κ2) is 9.51. The fourth-order valence-corrected chi connectivity index (χ4v) is 1.77. The molecule has 0 aliphatic carbocycles. The van der Waals surface area contributed by atoms with Crippen molar-refractivity contribution in [3.63, 3.8) is 0 Å². The Balaban J connectivity index is 3.12. The van der Waals surface area contributed by atoms with Gasteiger partial charge in [0.1, 0.15) is 0 Å². The second-order valence-corrected chi connectivity index (χ2v) is 4.78. The summed E-state index contributed by atoms with van der Waals surface area (Å²) in [5.41, 5.74) is 0. The maximum atomic E-state index is 3.49. The Morgan fingerprint density at radius 1 is 1.00 bits per heavy atom. The van der Waals surface area contributed by atoms with Gasteiger partial charge in [-0.05, 0) is 31.3 Å². The summed E-state index contributed by atoms with van der Waals surface area (Å²) in [6.45, 7) is 11.5. The van der Waals surface area contributed by atoms with Crippen LogP contribution in [0.15, 0.2) is 0 Å². The first kappa shape index (κ1) is 14.0. The lowest BCUT2D eigenvalue weighted by atomic mass is 9.97. The zero-order valence-electron chi connectivity index (χ0n) is 10.6. The number of nitrogens with one attached hydrogen (secondary N) is 1. The summed E-state index contributed by atoms with van der Waals surface area (Å²) in [4.78, 5) is 0. The Hall–Kier alpha value is -0.0400. The molecule has 0 spiro atoms. The monoisotopic (exact) mass is 199 g/mol. The summed E-state index contributed by atoms with van der Waals surface area (Å²) in [7, 11) is 0. The van der Waals surface area contributed by atoms with Crippen molar-refractivity contribution in [2.45, 2.75) is 59.8 Å². The third kappa shape index (κ3) is 8.55. The third-order valence-corrected chi connectivity index (χ3v) is 2.92. The van der Waals surface area contributed by atoms with Crippen LogP contribution in [0.2, 0.25) is 0 Å². The van der Waals surface area contributed by atoms with Gasteiger partial charge in [-0.25, -0.2) is 0 Å². The minimum absolute atomic E-state index is 0.786. The standard InChI is InChI=1S/C13H29N/c1-5-13(6-2)9-7-8-10-14-11-12(3)4/h12-14H,5-11H2,1-4H3. The first-order chi connectivity index (χ1) is 6.70. The van der Waals surface area contributed by atoms with Crippen LogP contribution in [0.5, 0.6) is 0 Å². The molecular formula is C13H29N. The third-order valence-electron chi connectivity index (χ3n) is 2.92. The SMILES string of the molecule is CCC(CC)CCCCNCC(C)C. The van der Waals surface area contributed by atoms with E-state index in [9.17, 15) is 0 Å². The summed E-state index contributed by atoms with van der Waals surface area (Å²) in [6, 6.07) is 0. The lowest BCUT2D eigenvalue weighted by Gasteiger charge is -2.12. The highest BCUT2D eigenvalue weighted by Gasteiger charge is 2.02. The molecule has 0 unspecified atom stereocenters. The van der Waals surface area contributed by atoms with Crippen LogP contribution in [0, 0.1) is 11.8 Å². The molecule has 1 nitrogen and oxygen atoms in total. The molecule has 0 fully saturated rings. The van der Waals surface area contributed by atoms with E-state index < -0.39 is 0 Å². The highest BCUT2D eigenvalue weighted by molar-refractivity contribution is 4.57. The lowest BCUT2D eigenvalue weighted by molar-refractivity contribution is 0.426. The van der Waals surface area contributed by atoms with Crippen LogP contribution in [0.4, 0.5) is 0 Å². The fraction of sp³-hybridized carbons (Fsp3) is 1.00. The second-order valence-electron chi connectivity index (χ2n) is 4.78. The lowest BCUT2D eigenvalue weighted by Crippen LogP contribution is -2.20. The molecule has 0 rings (SSSR count). The van der Waals surface area contributed by atoms with Crippen LogP contribution < -0.4 is 5.32 Å². The largest absolute Gasteiger partial charge is 0.316 e. The number of hydrogen-bond acceptors (Lipinski definition) is 1. The molecule has 0 bridgehead atoms. The first-order valence-electron chi connectivity index (χ1n) is 6.41. The molecule has 0 atom stereocenters. The predicted molar refractivity (Wildman–Crippen MR) is 65.6 cm³/mol. The van der Waals surface area contributed by atoms with Gasteiger partial charge in [-0.3, -0.25) is 0 Å². The molecule has 1 N–H and O–H groups in total. The number of rotatable bonds is 9. The van der Waals surface area contributed by atoms with Crippen molar-refractivity contribution in [3.05, 3.63) is 0 Å². The molecule has 0 amide bonds. The summed E-state index contributed by atoms with van der Waals surface area (Å²) in [5, 5.41) is 3.49. The Labute approximate surface area is 90.7 Å². The van der Waals surface area contributed by atoms with E-state index in [0.717, 1.165) is 11.8 Å². The summed E-state index contributed by atoms with van der Waals surface area (Å²) < 4.78 is 0. The first-order valence-corrected chi connectivity index (χ1v) is 6.41. The average molecular weight is 199 g/mol. The maximum Gasteiger partial charge on any atom is -0.00258 e. The van der Waals surface area contributed by atoms with Crippen molar-refractivity contribution < 1.29 is 0 Å². The van der Waals surface area contributed by atoms with Crippen LogP contribution in [0.1, 0.15) is 59.8 Å². The minimum Gasteiger partial charge on any atom is -0.316 e. The maximum absolute atomic E-state index is 3.49. The van der Waals surface area contributed by atoms with Crippen molar-refractivity contribution in [2.75, 3.05) is 13.1 Å². The molecular weight excluding hydrogens is 170 g/mol. The molecule has 0 radical (unpaired) electrons. The zero-order valence-corrected chi connectivity index (χ0v) is 10.6. The van der Waals surface area contributed by atoms with Gasteiger partial charge in [0.2, 0.25) is 0 Å². The average Bonchev–Trinajstić information content (AvgIpc) is 2.16. The Morgan fingerprint density at radius 2 is 1.64 bits per heavy atom. The molecule has 1 heteroatoms. The van der Waals surface area contributed by atoms with E-state index in [-0.39, 0.29) is 0 Å². The summed E-state index contributed by atoms with van der Waals surface area (Å²) in [6.07, 6.45) is 6.89. The van der Waals surface area contributed by atoms with Gasteiger partial charge in [-0.1, -0.05) is 53.4 Å². The fourth-order valence-electron chi connectivity index (χ4n) is 1.77. The van der Waals surface area contributed by atoms with E-state index in [1.807, 2.05) is 0 Å². The Kier molecular flexibility index (Phi) is 9.49. The summed E-state index contributed by atoms with van der Waals surface area (Å²) >= 11 is 0. The zero-order chi connectivity index (χ0) is 10.8. The summed E-state index contributed by atoms with van der Waals surface area (Å²) in [5.74, 6) is 1.76. The van der Waals surface area contributed by atoms with Gasteiger partial charge in [0.25, 0.3) is 0 Å².